The Morgan fingerprint density at radius 1 is 1.06 bits per heavy atom. The van der Waals surface area contributed by atoms with E-state index in [0.717, 1.165) is 30.5 Å². The highest BCUT2D eigenvalue weighted by Crippen LogP contribution is 2.30. The second kappa shape index (κ2) is 10.8. The van der Waals surface area contributed by atoms with Gasteiger partial charge in [-0.2, -0.15) is 13.2 Å². The molecule has 1 unspecified atom stereocenters. The van der Waals surface area contributed by atoms with Gasteiger partial charge in [0.25, 0.3) is 5.91 Å². The van der Waals surface area contributed by atoms with Crippen molar-refractivity contribution in [1.29, 1.82) is 0 Å². The fourth-order valence-corrected chi connectivity index (χ4v) is 3.98. The number of imidazole rings is 1. The van der Waals surface area contributed by atoms with Crippen molar-refractivity contribution < 1.29 is 22.7 Å². The molecule has 1 amide bonds. The molecular weight excluding hydrogens is 467 g/mol. The molecule has 0 aliphatic rings. The maximum Gasteiger partial charge on any atom is 0.416 e. The molecule has 0 bridgehead atoms. The minimum Gasteiger partial charge on any atom is -0.483 e. The van der Waals surface area contributed by atoms with Crippen LogP contribution in [0.25, 0.3) is 11.0 Å². The number of fused-ring (bicyclic) bond motifs is 1. The van der Waals surface area contributed by atoms with Crippen LogP contribution in [-0.4, -0.2) is 22.0 Å². The number of aromatic nitrogens is 2. The SMILES string of the molecule is CCCCNC(=O)c1ccc2c(c1)nc(C(C)Oc1ccccc1)n2Cc1ccc(C(F)(F)F)cc1. The summed E-state index contributed by atoms with van der Waals surface area (Å²) in [6.45, 7) is 4.83. The maximum atomic E-state index is 13.0. The van der Waals surface area contributed by atoms with E-state index < -0.39 is 17.8 Å². The molecule has 0 fully saturated rings. The average molecular weight is 496 g/mol. The monoisotopic (exact) mass is 495 g/mol. The molecule has 5 nitrogen and oxygen atoms in total. The number of carbonyl (C=O) groups is 1. The first-order valence-corrected chi connectivity index (χ1v) is 11.9. The van der Waals surface area contributed by atoms with E-state index in [1.807, 2.05) is 47.9 Å². The molecule has 0 aliphatic carbocycles. The minimum absolute atomic E-state index is 0.169. The van der Waals surface area contributed by atoms with Gasteiger partial charge >= 0.3 is 6.18 Å². The number of benzene rings is 3. The number of hydrogen-bond donors (Lipinski definition) is 1. The first kappa shape index (κ1) is 25.3. The van der Waals surface area contributed by atoms with E-state index in [0.29, 0.717) is 41.3 Å². The largest absolute Gasteiger partial charge is 0.483 e. The Balaban J connectivity index is 1.69. The lowest BCUT2D eigenvalue weighted by molar-refractivity contribution is -0.137. The third-order valence-corrected chi connectivity index (χ3v) is 5.90. The fourth-order valence-electron chi connectivity index (χ4n) is 3.98. The van der Waals surface area contributed by atoms with Gasteiger partial charge in [-0.25, -0.2) is 4.98 Å². The number of nitrogens with one attached hydrogen (secondary N) is 1. The van der Waals surface area contributed by atoms with Gasteiger partial charge in [-0.05, 0) is 61.4 Å². The van der Waals surface area contributed by atoms with E-state index >= 15 is 0 Å². The molecule has 0 saturated heterocycles. The minimum atomic E-state index is -4.39. The molecule has 1 atom stereocenters. The van der Waals surface area contributed by atoms with Crippen LogP contribution in [0.1, 0.15) is 60.1 Å². The topological polar surface area (TPSA) is 56.1 Å². The number of carbonyl (C=O) groups excluding carboxylic acids is 1. The van der Waals surface area contributed by atoms with Crippen molar-refractivity contribution >= 4 is 16.9 Å². The molecule has 1 heterocycles. The van der Waals surface area contributed by atoms with Gasteiger partial charge < -0.3 is 14.6 Å². The Kier molecular flexibility index (Phi) is 7.62. The van der Waals surface area contributed by atoms with Gasteiger partial charge in [-0.3, -0.25) is 4.79 Å². The summed E-state index contributed by atoms with van der Waals surface area (Å²) in [7, 11) is 0. The summed E-state index contributed by atoms with van der Waals surface area (Å²) in [6, 6.07) is 19.7. The van der Waals surface area contributed by atoms with Crippen LogP contribution in [0.2, 0.25) is 0 Å². The number of nitrogens with zero attached hydrogens (tertiary/aromatic N) is 2. The van der Waals surface area contributed by atoms with Gasteiger partial charge in [-0.1, -0.05) is 43.7 Å². The van der Waals surface area contributed by atoms with Crippen LogP contribution in [0.15, 0.2) is 72.8 Å². The van der Waals surface area contributed by atoms with Crippen molar-refractivity contribution in [2.24, 2.45) is 0 Å². The lowest BCUT2D eigenvalue weighted by Gasteiger charge is -2.17. The molecule has 4 aromatic rings. The number of amides is 1. The molecule has 3 aromatic carbocycles. The molecule has 0 radical (unpaired) electrons. The smallest absolute Gasteiger partial charge is 0.416 e. The Bertz CT molecular complexity index is 1320. The lowest BCUT2D eigenvalue weighted by atomic mass is 10.1. The Morgan fingerprint density at radius 3 is 2.44 bits per heavy atom. The van der Waals surface area contributed by atoms with E-state index in [1.165, 1.54) is 12.1 Å². The zero-order chi connectivity index (χ0) is 25.7. The highest BCUT2D eigenvalue weighted by molar-refractivity contribution is 5.97. The standard InChI is InChI=1S/C28H28F3N3O2/c1-3-4-16-32-27(35)21-12-15-25-24(17-21)33-26(19(2)36-23-8-6-5-7-9-23)34(25)18-20-10-13-22(14-11-20)28(29,30)31/h5-15,17,19H,3-4,16,18H2,1-2H3,(H,32,35). The summed E-state index contributed by atoms with van der Waals surface area (Å²) in [5.41, 5.74) is 1.88. The first-order valence-electron chi connectivity index (χ1n) is 11.9. The molecular formula is C28H28F3N3O2. The third-order valence-electron chi connectivity index (χ3n) is 5.90. The molecule has 1 aromatic heterocycles. The molecule has 0 spiro atoms. The van der Waals surface area contributed by atoms with Crippen molar-refractivity contribution in [1.82, 2.24) is 14.9 Å². The van der Waals surface area contributed by atoms with Crippen LogP contribution in [-0.2, 0) is 12.7 Å². The molecule has 0 aliphatic heterocycles. The summed E-state index contributed by atoms with van der Waals surface area (Å²) in [5.74, 6) is 1.11. The zero-order valence-corrected chi connectivity index (χ0v) is 20.2. The molecule has 1 N–H and O–H groups in total. The number of para-hydroxylation sites is 1. The van der Waals surface area contributed by atoms with Crippen molar-refractivity contribution in [3.63, 3.8) is 0 Å². The van der Waals surface area contributed by atoms with Gasteiger partial charge in [-0.15, -0.1) is 0 Å². The summed E-state index contributed by atoms with van der Waals surface area (Å²) >= 11 is 0. The Hall–Kier alpha value is -3.81. The van der Waals surface area contributed by atoms with Crippen molar-refractivity contribution in [2.45, 2.75) is 45.5 Å². The van der Waals surface area contributed by atoms with Crippen LogP contribution in [0, 0.1) is 0 Å². The van der Waals surface area contributed by atoms with E-state index in [4.69, 9.17) is 9.72 Å². The summed E-state index contributed by atoms with van der Waals surface area (Å²) in [5, 5.41) is 2.91. The summed E-state index contributed by atoms with van der Waals surface area (Å²) in [4.78, 5) is 17.4. The van der Waals surface area contributed by atoms with E-state index in [-0.39, 0.29) is 5.91 Å². The molecule has 188 valence electrons. The lowest BCUT2D eigenvalue weighted by Crippen LogP contribution is -2.24. The van der Waals surface area contributed by atoms with E-state index in [9.17, 15) is 18.0 Å². The van der Waals surface area contributed by atoms with Gasteiger partial charge in [0.15, 0.2) is 11.9 Å². The average Bonchev–Trinajstić information content (AvgIpc) is 3.22. The van der Waals surface area contributed by atoms with E-state index in [1.54, 1.807) is 12.1 Å². The highest BCUT2D eigenvalue weighted by atomic mass is 19.4. The number of hydrogen-bond acceptors (Lipinski definition) is 3. The molecule has 36 heavy (non-hydrogen) atoms. The van der Waals surface area contributed by atoms with Crippen LogP contribution >= 0.6 is 0 Å². The highest BCUT2D eigenvalue weighted by Gasteiger charge is 2.30. The summed E-state index contributed by atoms with van der Waals surface area (Å²) < 4.78 is 47.1. The number of unbranched alkanes of at least 4 members (excludes halogenated alkanes) is 1. The maximum absolute atomic E-state index is 13.0. The predicted octanol–water partition coefficient (Wildman–Crippen LogP) is 6.77. The van der Waals surface area contributed by atoms with Gasteiger partial charge in [0.05, 0.1) is 16.6 Å². The van der Waals surface area contributed by atoms with Gasteiger partial charge in [0, 0.05) is 18.7 Å². The van der Waals surface area contributed by atoms with E-state index in [2.05, 4.69) is 12.2 Å². The normalized spacial score (nSPS) is 12.5. The molecule has 8 heteroatoms. The van der Waals surface area contributed by atoms with Crippen LogP contribution < -0.4 is 10.1 Å². The van der Waals surface area contributed by atoms with Crippen LogP contribution in [0.3, 0.4) is 0 Å². The fraction of sp³-hybridized carbons (Fsp3) is 0.286. The van der Waals surface area contributed by atoms with Crippen LogP contribution in [0.5, 0.6) is 5.75 Å². The second-order valence-electron chi connectivity index (χ2n) is 8.64. The molecule has 0 saturated carbocycles. The second-order valence-corrected chi connectivity index (χ2v) is 8.64. The van der Waals surface area contributed by atoms with Gasteiger partial charge in [0.2, 0.25) is 0 Å². The Morgan fingerprint density at radius 2 is 1.78 bits per heavy atom. The Labute approximate surface area is 207 Å². The number of rotatable bonds is 9. The first-order chi connectivity index (χ1) is 17.3. The summed E-state index contributed by atoms with van der Waals surface area (Å²) in [6.07, 6.45) is -2.96. The third kappa shape index (κ3) is 5.87. The number of ether oxygens (including phenoxy) is 1. The number of halogens is 3. The van der Waals surface area contributed by atoms with Crippen molar-refractivity contribution in [3.05, 3.63) is 95.3 Å². The zero-order valence-electron chi connectivity index (χ0n) is 20.2. The molecule has 4 rings (SSSR count). The quantitative estimate of drug-likeness (QED) is 0.261. The van der Waals surface area contributed by atoms with Crippen LogP contribution in [0.4, 0.5) is 13.2 Å². The number of alkyl halides is 3. The van der Waals surface area contributed by atoms with Crippen molar-refractivity contribution in [3.8, 4) is 5.75 Å². The van der Waals surface area contributed by atoms with Gasteiger partial charge in [0.1, 0.15) is 5.75 Å². The predicted molar refractivity (Wildman–Crippen MR) is 133 cm³/mol. The van der Waals surface area contributed by atoms with Crippen molar-refractivity contribution in [2.75, 3.05) is 6.54 Å².